The van der Waals surface area contributed by atoms with Crippen molar-refractivity contribution in [2.45, 2.75) is 26.7 Å². The van der Waals surface area contributed by atoms with E-state index in [-0.39, 0.29) is 0 Å². The first-order valence-corrected chi connectivity index (χ1v) is 4.20. The van der Waals surface area contributed by atoms with E-state index in [0.29, 0.717) is 5.41 Å². The van der Waals surface area contributed by atoms with Crippen LogP contribution in [0.3, 0.4) is 0 Å². The molecule has 0 aromatic rings. The minimum atomic E-state index is -0.833. The van der Waals surface area contributed by atoms with Crippen molar-refractivity contribution in [3.63, 3.8) is 0 Å². The summed E-state index contributed by atoms with van der Waals surface area (Å²) in [5.74, 6) is 0. The van der Waals surface area contributed by atoms with Gasteiger partial charge in [-0.1, -0.05) is 13.8 Å². The van der Waals surface area contributed by atoms with Crippen LogP contribution in [0, 0.1) is 5.41 Å². The van der Waals surface area contributed by atoms with Crippen molar-refractivity contribution in [2.24, 2.45) is 16.9 Å². The molecule has 12 heavy (non-hydrogen) atoms. The first-order chi connectivity index (χ1) is 5.44. The highest BCUT2D eigenvalue weighted by molar-refractivity contribution is 5.69. The minimum absolute atomic E-state index is 0.616. The highest BCUT2D eigenvalue weighted by atomic mass is 16.2. The Morgan fingerprint density at radius 3 is 1.75 bits per heavy atom. The van der Waals surface area contributed by atoms with Crippen molar-refractivity contribution < 1.29 is 4.79 Å². The van der Waals surface area contributed by atoms with Crippen LogP contribution in [0.1, 0.15) is 26.7 Å². The Kier molecular flexibility index (Phi) is 4.66. The lowest BCUT2D eigenvalue weighted by molar-refractivity contribution is 0.256. The van der Waals surface area contributed by atoms with Gasteiger partial charge in [0.05, 0.1) is 0 Å². The number of hydrogen-bond acceptors (Lipinski definition) is 2. The second-order valence-corrected chi connectivity index (χ2v) is 3.82. The second-order valence-electron chi connectivity index (χ2n) is 3.82. The summed E-state index contributed by atoms with van der Waals surface area (Å²) in [6, 6.07) is -0.833. The largest absolute Gasteiger partial charge is 0.352 e. The fourth-order valence-electron chi connectivity index (χ4n) is 1.10. The van der Waals surface area contributed by atoms with Gasteiger partial charge in [-0.25, -0.2) is 4.79 Å². The van der Waals surface area contributed by atoms with Crippen LogP contribution >= 0.6 is 0 Å². The third kappa shape index (κ3) is 7.34. The van der Waals surface area contributed by atoms with Gasteiger partial charge in [-0.15, -0.1) is 0 Å². The number of rotatable bonds is 0. The van der Waals surface area contributed by atoms with Gasteiger partial charge in [0.15, 0.2) is 0 Å². The molecule has 1 aliphatic heterocycles. The topological polar surface area (TPSA) is 81.1 Å². The van der Waals surface area contributed by atoms with Crippen molar-refractivity contribution in [2.75, 3.05) is 13.1 Å². The molecule has 0 bridgehead atoms. The summed E-state index contributed by atoms with van der Waals surface area (Å²) in [5.41, 5.74) is 9.12. The standard InChI is InChI=1S/C7H15N.CH4N2O/c1-7(2)3-5-8-6-4-7;2-1(3)4/h8H,3-6H2,1-2H3;(H4,2,3,4). The number of nitrogens with two attached hydrogens (primary N) is 2. The molecule has 0 aromatic carbocycles. The first kappa shape index (κ1) is 11.2. The van der Waals surface area contributed by atoms with Crippen LogP contribution < -0.4 is 16.8 Å². The number of piperidine rings is 1. The number of carbonyl (C=O) groups excluding carboxylic acids is 1. The molecule has 5 N–H and O–H groups in total. The maximum atomic E-state index is 9.00. The SMILES string of the molecule is CC1(C)CCNCC1.NC(N)=O. The Balaban J connectivity index is 0.000000261. The third-order valence-corrected chi connectivity index (χ3v) is 1.96. The van der Waals surface area contributed by atoms with Crippen molar-refractivity contribution >= 4 is 6.03 Å². The quantitative estimate of drug-likeness (QED) is 0.496. The molecule has 1 fully saturated rings. The van der Waals surface area contributed by atoms with Gasteiger partial charge in [0.25, 0.3) is 0 Å². The van der Waals surface area contributed by atoms with Crippen LogP contribution in [0.2, 0.25) is 0 Å². The summed E-state index contributed by atoms with van der Waals surface area (Å²) < 4.78 is 0. The summed E-state index contributed by atoms with van der Waals surface area (Å²) in [7, 11) is 0. The van der Waals surface area contributed by atoms with Crippen LogP contribution in [0.5, 0.6) is 0 Å². The van der Waals surface area contributed by atoms with Gasteiger partial charge in [0.2, 0.25) is 0 Å². The summed E-state index contributed by atoms with van der Waals surface area (Å²) in [6.07, 6.45) is 2.68. The molecule has 0 unspecified atom stereocenters. The molecule has 0 aliphatic carbocycles. The average Bonchev–Trinajstić information content (AvgIpc) is 1.85. The molecule has 1 saturated heterocycles. The van der Waals surface area contributed by atoms with Crippen molar-refractivity contribution in [1.82, 2.24) is 5.32 Å². The van der Waals surface area contributed by atoms with E-state index < -0.39 is 6.03 Å². The van der Waals surface area contributed by atoms with Crippen molar-refractivity contribution in [3.05, 3.63) is 0 Å². The molecule has 1 heterocycles. The Labute approximate surface area is 73.7 Å². The maximum Gasteiger partial charge on any atom is 0.309 e. The number of nitrogens with one attached hydrogen (secondary N) is 1. The third-order valence-electron chi connectivity index (χ3n) is 1.96. The predicted octanol–water partition coefficient (Wildman–Crippen LogP) is 0.420. The summed E-state index contributed by atoms with van der Waals surface area (Å²) in [6.45, 7) is 7.11. The van der Waals surface area contributed by atoms with Gasteiger partial charge >= 0.3 is 6.03 Å². The lowest BCUT2D eigenvalue weighted by atomic mass is 9.83. The lowest BCUT2D eigenvalue weighted by Crippen LogP contribution is -2.32. The second kappa shape index (κ2) is 4.98. The Morgan fingerprint density at radius 2 is 1.58 bits per heavy atom. The van der Waals surface area contributed by atoms with E-state index in [9.17, 15) is 0 Å². The van der Waals surface area contributed by atoms with E-state index in [1.165, 1.54) is 25.9 Å². The number of hydrogen-bond donors (Lipinski definition) is 3. The van der Waals surface area contributed by atoms with E-state index in [2.05, 4.69) is 30.6 Å². The van der Waals surface area contributed by atoms with E-state index in [4.69, 9.17) is 4.79 Å². The smallest absolute Gasteiger partial charge is 0.309 e. The Morgan fingerprint density at radius 1 is 1.25 bits per heavy atom. The molecule has 0 atom stereocenters. The van der Waals surface area contributed by atoms with E-state index in [1.54, 1.807) is 0 Å². The molecule has 0 saturated carbocycles. The molecular formula is C8H19N3O. The van der Waals surface area contributed by atoms with E-state index in [0.717, 1.165) is 0 Å². The zero-order chi connectivity index (χ0) is 9.61. The molecule has 0 spiro atoms. The zero-order valence-corrected chi connectivity index (χ0v) is 7.89. The molecule has 72 valence electrons. The van der Waals surface area contributed by atoms with E-state index in [1.807, 2.05) is 0 Å². The molecule has 2 amide bonds. The molecular weight excluding hydrogens is 154 g/mol. The average molecular weight is 173 g/mol. The number of urea groups is 1. The molecule has 0 aromatic heterocycles. The molecule has 4 heteroatoms. The first-order valence-electron chi connectivity index (χ1n) is 4.20. The molecule has 1 aliphatic rings. The Bertz CT molecular complexity index is 133. The minimum Gasteiger partial charge on any atom is -0.352 e. The molecule has 4 nitrogen and oxygen atoms in total. The highest BCUT2D eigenvalue weighted by Crippen LogP contribution is 2.25. The van der Waals surface area contributed by atoms with E-state index >= 15 is 0 Å². The number of carbonyl (C=O) groups is 1. The highest BCUT2D eigenvalue weighted by Gasteiger charge is 2.19. The normalized spacial score (nSPS) is 20.5. The van der Waals surface area contributed by atoms with Gasteiger partial charge in [0.1, 0.15) is 0 Å². The van der Waals surface area contributed by atoms with Gasteiger partial charge in [-0.05, 0) is 31.3 Å². The number of primary amides is 2. The van der Waals surface area contributed by atoms with Gasteiger partial charge in [-0.2, -0.15) is 0 Å². The van der Waals surface area contributed by atoms with Gasteiger partial charge < -0.3 is 16.8 Å². The summed E-state index contributed by atoms with van der Waals surface area (Å²) in [5, 5.41) is 3.34. The number of amides is 2. The monoisotopic (exact) mass is 173 g/mol. The zero-order valence-electron chi connectivity index (χ0n) is 7.89. The maximum absolute atomic E-state index is 9.00. The van der Waals surface area contributed by atoms with Crippen LogP contribution in [-0.2, 0) is 0 Å². The van der Waals surface area contributed by atoms with Crippen molar-refractivity contribution in [3.8, 4) is 0 Å². The summed E-state index contributed by atoms with van der Waals surface area (Å²) in [4.78, 5) is 9.00. The summed E-state index contributed by atoms with van der Waals surface area (Å²) >= 11 is 0. The lowest BCUT2D eigenvalue weighted by Gasteiger charge is -2.29. The van der Waals surface area contributed by atoms with Crippen LogP contribution in [0.4, 0.5) is 4.79 Å². The van der Waals surface area contributed by atoms with Gasteiger partial charge in [-0.3, -0.25) is 0 Å². The van der Waals surface area contributed by atoms with Crippen LogP contribution in [0.15, 0.2) is 0 Å². The molecule has 1 rings (SSSR count). The Hall–Kier alpha value is -0.770. The van der Waals surface area contributed by atoms with Crippen molar-refractivity contribution in [1.29, 1.82) is 0 Å². The van der Waals surface area contributed by atoms with Crippen LogP contribution in [-0.4, -0.2) is 19.1 Å². The van der Waals surface area contributed by atoms with Gasteiger partial charge in [0, 0.05) is 0 Å². The fraction of sp³-hybridized carbons (Fsp3) is 0.875. The predicted molar refractivity (Wildman–Crippen MR) is 49.7 cm³/mol. The molecule has 0 radical (unpaired) electrons. The van der Waals surface area contributed by atoms with Crippen LogP contribution in [0.25, 0.3) is 0 Å². The fourth-order valence-corrected chi connectivity index (χ4v) is 1.10.